The number of fused-ring (bicyclic) bond motifs is 2. The summed E-state index contributed by atoms with van der Waals surface area (Å²) in [7, 11) is -19.8. The summed E-state index contributed by atoms with van der Waals surface area (Å²) in [6, 6.07) is 8.60. The van der Waals surface area contributed by atoms with E-state index in [1.165, 1.54) is 19.9 Å². The number of alkyl halides is 6. The highest BCUT2D eigenvalue weighted by atomic mass is 32.2. The minimum absolute atomic E-state index is 0.115. The fraction of sp³-hybridized carbons (Fsp3) is 0.200. The molecule has 54 heavy (non-hydrogen) atoms. The standard InChI is InChI=1S/C30H20F6N4O10S4/c1-3-51(41,42)23-11-8-18(37-26(23)28-39-20-14-16(6-10-22(20)50-28)54(47,48)30(34,35)36)17-7-12-24(52(43,44)4-2)40-25(17)27-38-19-13-15(5-9-21(19)49-27)53(45,46)29(31,32)33/h5-14H,3-4H2,1-2H3. The van der Waals surface area contributed by atoms with E-state index < -0.39 is 116 Å². The topological polar surface area (TPSA) is 214 Å². The molecule has 2 aromatic carbocycles. The van der Waals surface area contributed by atoms with Crippen LogP contribution in [0, 0.1) is 0 Å². The Morgan fingerprint density at radius 2 is 1.04 bits per heavy atom. The minimum Gasteiger partial charge on any atom is -0.435 e. The van der Waals surface area contributed by atoms with Gasteiger partial charge < -0.3 is 8.83 Å². The molecule has 0 aliphatic heterocycles. The van der Waals surface area contributed by atoms with E-state index in [2.05, 4.69) is 19.9 Å². The largest absolute Gasteiger partial charge is 0.501 e. The highest BCUT2D eigenvalue weighted by molar-refractivity contribution is 7.92. The number of rotatable bonds is 9. The van der Waals surface area contributed by atoms with Gasteiger partial charge in [0.2, 0.25) is 11.8 Å². The Morgan fingerprint density at radius 3 is 1.50 bits per heavy atom. The van der Waals surface area contributed by atoms with Crippen molar-refractivity contribution in [2.75, 3.05) is 11.5 Å². The highest BCUT2D eigenvalue weighted by Gasteiger charge is 2.48. The number of halogens is 6. The molecule has 0 aliphatic carbocycles. The molecule has 0 aliphatic rings. The predicted molar refractivity (Wildman–Crippen MR) is 175 cm³/mol. The van der Waals surface area contributed by atoms with Crippen LogP contribution in [0.2, 0.25) is 0 Å². The maximum Gasteiger partial charge on any atom is 0.501 e. The van der Waals surface area contributed by atoms with Crippen LogP contribution in [0.5, 0.6) is 0 Å². The maximum absolute atomic E-state index is 13.2. The molecule has 6 rings (SSSR count). The van der Waals surface area contributed by atoms with E-state index in [1.807, 2.05) is 0 Å². The van der Waals surface area contributed by atoms with Gasteiger partial charge in [0.1, 0.15) is 22.4 Å². The smallest absolute Gasteiger partial charge is 0.435 e. The maximum atomic E-state index is 13.2. The second-order valence-corrected chi connectivity index (χ2v) is 19.4. The zero-order valence-electron chi connectivity index (χ0n) is 27.0. The Balaban J connectivity index is 1.58. The molecule has 0 amide bonds. The van der Waals surface area contributed by atoms with Gasteiger partial charge in [0.15, 0.2) is 35.9 Å². The van der Waals surface area contributed by atoms with Crippen LogP contribution in [0.4, 0.5) is 26.3 Å². The molecular weight excluding hydrogens is 819 g/mol. The first-order chi connectivity index (χ1) is 24.9. The monoisotopic (exact) mass is 838 g/mol. The SMILES string of the molecule is CCS(=O)(=O)c1ccc(-c2ccc(S(=O)(=O)CC)c(-c3nc4cc(S(=O)(=O)C(F)(F)F)ccc4o3)n2)c(-c2nc3cc(S(=O)(=O)C(F)(F)F)ccc3o2)n1. The van der Waals surface area contributed by atoms with Crippen LogP contribution in [-0.4, -0.2) is 76.1 Å². The first-order valence-corrected chi connectivity index (χ1v) is 21.1. The Hall–Kier alpha value is -4.94. The van der Waals surface area contributed by atoms with E-state index in [1.54, 1.807) is 0 Å². The molecule has 0 fully saturated rings. The summed E-state index contributed by atoms with van der Waals surface area (Å²) in [5.41, 5.74) is -13.8. The van der Waals surface area contributed by atoms with E-state index in [0.717, 1.165) is 30.3 Å². The molecule has 0 spiro atoms. The van der Waals surface area contributed by atoms with Gasteiger partial charge in [-0.05, 0) is 60.7 Å². The van der Waals surface area contributed by atoms with Crippen LogP contribution in [0.25, 0.3) is 56.6 Å². The number of aromatic nitrogens is 4. The number of hydrogen-bond acceptors (Lipinski definition) is 14. The van der Waals surface area contributed by atoms with Crippen LogP contribution >= 0.6 is 0 Å². The predicted octanol–water partition coefficient (Wildman–Crippen LogP) is 5.93. The Bertz CT molecular complexity index is 2960. The summed E-state index contributed by atoms with van der Waals surface area (Å²) in [5.74, 6) is -2.02. The molecular formula is C30H20F6N4O10S4. The van der Waals surface area contributed by atoms with Gasteiger partial charge in [0.05, 0.1) is 31.9 Å². The summed E-state index contributed by atoms with van der Waals surface area (Å²) in [6.45, 7) is 2.61. The average molecular weight is 839 g/mol. The second kappa shape index (κ2) is 12.8. The van der Waals surface area contributed by atoms with Crippen molar-refractivity contribution in [2.24, 2.45) is 0 Å². The number of hydrogen-bond donors (Lipinski definition) is 0. The lowest BCUT2D eigenvalue weighted by molar-refractivity contribution is -0.0442. The van der Waals surface area contributed by atoms with E-state index in [9.17, 15) is 60.0 Å². The van der Waals surface area contributed by atoms with Gasteiger partial charge in [-0.2, -0.15) is 26.3 Å². The Labute approximate surface area is 300 Å². The van der Waals surface area contributed by atoms with Crippen molar-refractivity contribution in [3.8, 4) is 34.4 Å². The van der Waals surface area contributed by atoms with Crippen molar-refractivity contribution in [3.05, 3.63) is 60.7 Å². The van der Waals surface area contributed by atoms with Crippen molar-refractivity contribution >= 4 is 61.5 Å². The molecule has 0 saturated carbocycles. The van der Waals surface area contributed by atoms with Gasteiger partial charge in [-0.1, -0.05) is 13.8 Å². The van der Waals surface area contributed by atoms with Crippen molar-refractivity contribution in [3.63, 3.8) is 0 Å². The number of nitrogens with zero attached hydrogens (tertiary/aromatic N) is 4. The second-order valence-electron chi connectivity index (χ2n) is 11.1. The van der Waals surface area contributed by atoms with Gasteiger partial charge in [-0.3, -0.25) is 0 Å². The van der Waals surface area contributed by atoms with Crippen LogP contribution in [0.15, 0.2) is 89.2 Å². The quantitative estimate of drug-likeness (QED) is 0.154. The summed E-state index contributed by atoms with van der Waals surface area (Å²) in [6.07, 6.45) is 0. The third-order valence-corrected chi connectivity index (χ3v) is 14.1. The van der Waals surface area contributed by atoms with Gasteiger partial charge in [0.25, 0.3) is 19.7 Å². The highest BCUT2D eigenvalue weighted by Crippen LogP contribution is 2.38. The lowest BCUT2D eigenvalue weighted by Gasteiger charge is -2.11. The summed E-state index contributed by atoms with van der Waals surface area (Å²) in [4.78, 5) is 13.8. The van der Waals surface area contributed by atoms with Crippen molar-refractivity contribution in [1.29, 1.82) is 0 Å². The molecule has 4 aromatic heterocycles. The van der Waals surface area contributed by atoms with Crippen molar-refractivity contribution in [2.45, 2.75) is 44.6 Å². The molecule has 0 radical (unpaired) electrons. The summed E-state index contributed by atoms with van der Waals surface area (Å²) >= 11 is 0. The molecule has 0 saturated heterocycles. The zero-order chi connectivity index (χ0) is 39.8. The first-order valence-electron chi connectivity index (χ1n) is 14.8. The Kier molecular flexibility index (Phi) is 9.22. The number of pyridine rings is 2. The molecule has 0 atom stereocenters. The zero-order valence-corrected chi connectivity index (χ0v) is 30.2. The molecule has 6 aromatic rings. The van der Waals surface area contributed by atoms with E-state index >= 15 is 0 Å². The molecule has 24 heteroatoms. The lowest BCUT2D eigenvalue weighted by Crippen LogP contribution is -2.23. The molecule has 0 N–H and O–H groups in total. The number of oxazole rings is 2. The number of sulfone groups is 4. The van der Waals surface area contributed by atoms with Gasteiger partial charge in [0, 0.05) is 5.56 Å². The molecule has 0 bridgehead atoms. The normalized spacial score (nSPS) is 13.6. The Morgan fingerprint density at radius 1 is 0.556 bits per heavy atom. The van der Waals surface area contributed by atoms with Crippen molar-refractivity contribution < 1.29 is 68.8 Å². The fourth-order valence-electron chi connectivity index (χ4n) is 4.91. The summed E-state index contributed by atoms with van der Waals surface area (Å²) < 4.78 is 191. The summed E-state index contributed by atoms with van der Waals surface area (Å²) in [5, 5.41) is -0.514. The van der Waals surface area contributed by atoms with Gasteiger partial charge in [-0.15, -0.1) is 0 Å². The van der Waals surface area contributed by atoms with Gasteiger partial charge in [-0.25, -0.2) is 53.6 Å². The van der Waals surface area contributed by atoms with Crippen molar-refractivity contribution in [1.82, 2.24) is 19.9 Å². The lowest BCUT2D eigenvalue weighted by atomic mass is 10.1. The molecule has 14 nitrogen and oxygen atoms in total. The van der Waals surface area contributed by atoms with Crippen LogP contribution < -0.4 is 0 Å². The molecule has 286 valence electrons. The van der Waals surface area contributed by atoms with Crippen LogP contribution in [0.1, 0.15) is 13.8 Å². The minimum atomic E-state index is -5.81. The molecule has 0 unspecified atom stereocenters. The fourth-order valence-corrected chi connectivity index (χ4v) is 8.28. The van der Waals surface area contributed by atoms with E-state index in [0.29, 0.717) is 24.3 Å². The van der Waals surface area contributed by atoms with E-state index in [-0.39, 0.29) is 22.4 Å². The van der Waals surface area contributed by atoms with Gasteiger partial charge >= 0.3 is 11.0 Å². The first kappa shape index (κ1) is 38.8. The van der Waals surface area contributed by atoms with Crippen LogP contribution in [-0.2, 0) is 39.3 Å². The molecule has 4 heterocycles. The average Bonchev–Trinajstić information content (AvgIpc) is 3.74. The van der Waals surface area contributed by atoms with E-state index in [4.69, 9.17) is 8.83 Å². The number of benzene rings is 2. The van der Waals surface area contributed by atoms with Crippen LogP contribution in [0.3, 0.4) is 0 Å². The third-order valence-electron chi connectivity index (χ3n) is 7.77. The third kappa shape index (κ3) is 6.59.